The van der Waals surface area contributed by atoms with Gasteiger partial charge in [0.2, 0.25) is 0 Å². The van der Waals surface area contributed by atoms with Gasteiger partial charge in [0.05, 0.1) is 0 Å². The lowest BCUT2D eigenvalue weighted by atomic mass is 9.72. The van der Waals surface area contributed by atoms with Crippen LogP contribution in [0.15, 0.2) is 30.0 Å². The van der Waals surface area contributed by atoms with Crippen LogP contribution in [0.3, 0.4) is 0 Å². The van der Waals surface area contributed by atoms with E-state index in [1.807, 2.05) is 6.08 Å². The first-order valence-electron chi connectivity index (χ1n) is 8.35. The molecule has 0 radical (unpaired) electrons. The lowest BCUT2D eigenvalue weighted by molar-refractivity contribution is 0.208. The van der Waals surface area contributed by atoms with Gasteiger partial charge in [-0.1, -0.05) is 33.4 Å². The number of hydrogen-bond donors (Lipinski definition) is 2. The molecule has 0 spiro atoms. The second-order valence-electron chi connectivity index (χ2n) is 7.24. The predicted octanol–water partition coefficient (Wildman–Crippen LogP) is 5.22. The molecule has 0 aromatic carbocycles. The van der Waals surface area contributed by atoms with Crippen LogP contribution in [-0.4, -0.2) is 5.71 Å². The minimum atomic E-state index is 0.413. The Bertz CT molecular complexity index is 580. The van der Waals surface area contributed by atoms with Crippen molar-refractivity contribution in [2.75, 3.05) is 0 Å². The third kappa shape index (κ3) is 4.96. The summed E-state index contributed by atoms with van der Waals surface area (Å²) < 4.78 is 0. The van der Waals surface area contributed by atoms with Crippen molar-refractivity contribution in [3.8, 4) is 0 Å². The molecule has 0 aliphatic heterocycles. The first-order chi connectivity index (χ1) is 10.9. The van der Waals surface area contributed by atoms with E-state index in [-0.39, 0.29) is 0 Å². The molecule has 0 unspecified atom stereocenters. The zero-order valence-electron chi connectivity index (χ0n) is 14.6. The quantitative estimate of drug-likeness (QED) is 0.777. The van der Waals surface area contributed by atoms with E-state index in [0.717, 1.165) is 35.9 Å². The normalized spacial score (nSPS) is 19.1. The summed E-state index contributed by atoms with van der Waals surface area (Å²) in [4.78, 5) is 6.20. The Morgan fingerprint density at radius 2 is 2.09 bits per heavy atom. The number of hydrogen-bond acceptors (Lipinski definition) is 4. The number of nitrogens with one attached hydrogen (secondary N) is 1. The molecule has 23 heavy (non-hydrogen) atoms. The minimum Gasteiger partial charge on any atom is -0.403 e. The number of nitrogens with zero attached hydrogens (tertiary/aromatic N) is 1. The molecule has 1 heterocycles. The summed E-state index contributed by atoms with van der Waals surface area (Å²) in [6, 6.07) is 2.16. The van der Waals surface area contributed by atoms with Crippen molar-refractivity contribution in [2.24, 2.45) is 22.1 Å². The maximum absolute atomic E-state index is 5.34. The summed E-state index contributed by atoms with van der Waals surface area (Å²) in [6.45, 7) is 11.7. The molecule has 1 aliphatic rings. The number of thiophene rings is 1. The Balaban J connectivity index is 2.06. The molecule has 1 saturated carbocycles. The van der Waals surface area contributed by atoms with Crippen LogP contribution in [0.5, 0.6) is 0 Å². The van der Waals surface area contributed by atoms with Crippen LogP contribution < -0.4 is 11.1 Å². The van der Waals surface area contributed by atoms with E-state index >= 15 is 0 Å². The SMILES string of the molecule is C=Cc1cc(CN/C=C\N)sc1N=C1CCC(C(C)(C)C)CC1. The van der Waals surface area contributed by atoms with E-state index in [2.05, 4.69) is 38.7 Å². The standard InChI is InChI=1S/C19H29N3S/c1-5-14-12-17(13-21-11-10-20)23-18(14)22-16-8-6-15(7-9-16)19(2,3)4/h5,10-12,15,21H,1,6-9,13,20H2,2-4H3/b11-10-,22-16?. The molecule has 1 fully saturated rings. The summed E-state index contributed by atoms with van der Waals surface area (Å²) in [5.41, 5.74) is 8.23. The molecular formula is C19H29N3S. The Kier molecular flexibility index (Phi) is 6.05. The second kappa shape index (κ2) is 7.82. The molecule has 4 heteroatoms. The molecule has 0 amide bonds. The number of nitrogens with two attached hydrogens (primary N) is 1. The topological polar surface area (TPSA) is 50.4 Å². The van der Waals surface area contributed by atoms with Gasteiger partial charge in [-0.25, -0.2) is 4.99 Å². The van der Waals surface area contributed by atoms with Gasteiger partial charge in [0.25, 0.3) is 0 Å². The van der Waals surface area contributed by atoms with Crippen molar-refractivity contribution < 1.29 is 0 Å². The predicted molar refractivity (Wildman–Crippen MR) is 103 cm³/mol. The van der Waals surface area contributed by atoms with Gasteiger partial charge in [-0.3, -0.25) is 0 Å². The number of rotatable bonds is 5. The van der Waals surface area contributed by atoms with Gasteiger partial charge in [0.15, 0.2) is 0 Å². The van der Waals surface area contributed by atoms with E-state index in [4.69, 9.17) is 10.7 Å². The second-order valence-corrected chi connectivity index (χ2v) is 8.35. The highest BCUT2D eigenvalue weighted by atomic mass is 32.1. The first-order valence-corrected chi connectivity index (χ1v) is 9.17. The molecule has 2 rings (SSSR count). The van der Waals surface area contributed by atoms with Gasteiger partial charge >= 0.3 is 0 Å². The third-order valence-electron chi connectivity index (χ3n) is 4.55. The van der Waals surface area contributed by atoms with Crippen molar-refractivity contribution in [2.45, 2.75) is 53.0 Å². The summed E-state index contributed by atoms with van der Waals surface area (Å²) in [6.07, 6.45) is 9.93. The van der Waals surface area contributed by atoms with Gasteiger partial charge < -0.3 is 11.1 Å². The van der Waals surface area contributed by atoms with Crippen molar-refractivity contribution in [1.29, 1.82) is 0 Å². The van der Waals surface area contributed by atoms with Crippen LogP contribution in [0.25, 0.3) is 6.08 Å². The van der Waals surface area contributed by atoms with Crippen LogP contribution in [0.1, 0.15) is 56.9 Å². The largest absolute Gasteiger partial charge is 0.403 e. The van der Waals surface area contributed by atoms with Gasteiger partial charge in [-0.15, -0.1) is 11.3 Å². The Hall–Kier alpha value is -1.55. The van der Waals surface area contributed by atoms with E-state index in [1.54, 1.807) is 17.5 Å². The molecular weight excluding hydrogens is 302 g/mol. The third-order valence-corrected chi connectivity index (χ3v) is 5.59. The van der Waals surface area contributed by atoms with Crippen LogP contribution in [0, 0.1) is 11.3 Å². The average Bonchev–Trinajstić information content (AvgIpc) is 2.89. The Labute approximate surface area is 144 Å². The van der Waals surface area contributed by atoms with Crippen LogP contribution in [0.2, 0.25) is 0 Å². The highest BCUT2D eigenvalue weighted by Gasteiger charge is 2.28. The molecule has 126 valence electrons. The zero-order chi connectivity index (χ0) is 16.9. The van der Waals surface area contributed by atoms with Crippen LogP contribution in [-0.2, 0) is 6.54 Å². The highest BCUT2D eigenvalue weighted by molar-refractivity contribution is 7.16. The van der Waals surface area contributed by atoms with Gasteiger partial charge in [-0.2, -0.15) is 0 Å². The first kappa shape index (κ1) is 17.8. The van der Waals surface area contributed by atoms with E-state index in [9.17, 15) is 0 Å². The van der Waals surface area contributed by atoms with Crippen LogP contribution >= 0.6 is 11.3 Å². The fraction of sp³-hybridized carbons (Fsp3) is 0.526. The zero-order valence-corrected chi connectivity index (χ0v) is 15.4. The van der Waals surface area contributed by atoms with Gasteiger partial charge in [0.1, 0.15) is 5.00 Å². The fourth-order valence-electron chi connectivity index (χ4n) is 3.07. The molecule has 0 bridgehead atoms. The molecule has 1 aromatic rings. The van der Waals surface area contributed by atoms with E-state index in [1.165, 1.54) is 29.6 Å². The number of aliphatic imine (C=N–C) groups is 1. The van der Waals surface area contributed by atoms with Crippen molar-refractivity contribution >= 4 is 28.1 Å². The van der Waals surface area contributed by atoms with E-state index in [0.29, 0.717) is 5.41 Å². The van der Waals surface area contributed by atoms with Crippen molar-refractivity contribution in [1.82, 2.24) is 5.32 Å². The molecule has 3 nitrogen and oxygen atoms in total. The minimum absolute atomic E-state index is 0.413. The summed E-state index contributed by atoms with van der Waals surface area (Å²) in [7, 11) is 0. The summed E-state index contributed by atoms with van der Waals surface area (Å²) in [5.74, 6) is 0.812. The fourth-order valence-corrected chi connectivity index (χ4v) is 4.09. The molecule has 0 saturated heterocycles. The smallest absolute Gasteiger partial charge is 0.123 e. The Morgan fingerprint density at radius 1 is 1.39 bits per heavy atom. The molecule has 1 aromatic heterocycles. The lowest BCUT2D eigenvalue weighted by Crippen LogP contribution is -2.25. The molecule has 3 N–H and O–H groups in total. The summed E-state index contributed by atoms with van der Waals surface area (Å²) >= 11 is 1.74. The van der Waals surface area contributed by atoms with Crippen LogP contribution in [0.4, 0.5) is 5.00 Å². The summed E-state index contributed by atoms with van der Waals surface area (Å²) in [5, 5.41) is 4.26. The monoisotopic (exact) mass is 331 g/mol. The molecule has 0 atom stereocenters. The molecule has 1 aliphatic carbocycles. The van der Waals surface area contributed by atoms with Crippen molar-refractivity contribution in [3.05, 3.63) is 35.5 Å². The lowest BCUT2D eigenvalue weighted by Gasteiger charge is -2.34. The van der Waals surface area contributed by atoms with Crippen molar-refractivity contribution in [3.63, 3.8) is 0 Å². The van der Waals surface area contributed by atoms with E-state index < -0.39 is 0 Å². The maximum atomic E-state index is 5.34. The maximum Gasteiger partial charge on any atom is 0.123 e. The average molecular weight is 332 g/mol. The van der Waals surface area contributed by atoms with Gasteiger partial charge in [0, 0.05) is 35.1 Å². The Morgan fingerprint density at radius 3 is 2.65 bits per heavy atom. The highest BCUT2D eigenvalue weighted by Crippen LogP contribution is 2.38. The van der Waals surface area contributed by atoms with Gasteiger partial charge in [-0.05, 0) is 43.1 Å².